The highest BCUT2D eigenvalue weighted by molar-refractivity contribution is 5.93. The van der Waals surface area contributed by atoms with E-state index in [1.165, 1.54) is 17.0 Å². The summed E-state index contributed by atoms with van der Waals surface area (Å²) in [5, 5.41) is 2.55. The van der Waals surface area contributed by atoms with Gasteiger partial charge < -0.3 is 15.1 Å². The maximum absolute atomic E-state index is 12.5. The summed E-state index contributed by atoms with van der Waals surface area (Å²) < 4.78 is 37.4. The summed E-state index contributed by atoms with van der Waals surface area (Å²) in [6.07, 6.45) is -4.41. The molecule has 23 heavy (non-hydrogen) atoms. The maximum Gasteiger partial charge on any atom is 0.416 e. The summed E-state index contributed by atoms with van der Waals surface area (Å²) in [5.74, 6) is -0.481. The van der Waals surface area contributed by atoms with Crippen molar-refractivity contribution in [3.63, 3.8) is 0 Å². The van der Waals surface area contributed by atoms with Crippen molar-refractivity contribution in [2.75, 3.05) is 33.0 Å². The standard InChI is InChI=1S/C15H20F3N3O2/c1-10(21(4)9-13(22)20(2)3)14(23)19-12-7-5-11(6-8-12)15(16,17)18/h5-8,10H,9H2,1-4H3,(H,19,23)/p+1/t10-/m0/s1. The van der Waals surface area contributed by atoms with E-state index in [2.05, 4.69) is 5.32 Å². The van der Waals surface area contributed by atoms with Gasteiger partial charge in [0.1, 0.15) is 0 Å². The van der Waals surface area contributed by atoms with Crippen molar-refractivity contribution >= 4 is 17.5 Å². The Morgan fingerprint density at radius 1 is 1.22 bits per heavy atom. The summed E-state index contributed by atoms with van der Waals surface area (Å²) in [4.78, 5) is 25.9. The van der Waals surface area contributed by atoms with Gasteiger partial charge in [-0.15, -0.1) is 0 Å². The number of amides is 2. The third-order valence-electron chi connectivity index (χ3n) is 3.54. The van der Waals surface area contributed by atoms with Crippen LogP contribution >= 0.6 is 0 Å². The number of anilines is 1. The number of nitrogens with one attached hydrogen (secondary N) is 2. The topological polar surface area (TPSA) is 53.9 Å². The molecule has 8 heteroatoms. The van der Waals surface area contributed by atoms with Gasteiger partial charge in [-0.2, -0.15) is 13.2 Å². The Labute approximate surface area is 133 Å². The highest BCUT2D eigenvalue weighted by atomic mass is 19.4. The van der Waals surface area contributed by atoms with Crippen molar-refractivity contribution < 1.29 is 27.7 Å². The smallest absolute Gasteiger partial charge is 0.344 e. The van der Waals surface area contributed by atoms with Gasteiger partial charge >= 0.3 is 6.18 Å². The zero-order chi connectivity index (χ0) is 17.8. The van der Waals surface area contributed by atoms with Gasteiger partial charge in [-0.25, -0.2) is 0 Å². The molecule has 0 radical (unpaired) electrons. The van der Waals surface area contributed by atoms with Crippen LogP contribution < -0.4 is 10.2 Å². The number of nitrogens with zero attached hydrogens (tertiary/aromatic N) is 1. The summed E-state index contributed by atoms with van der Waals surface area (Å²) in [6.45, 7) is 1.80. The molecule has 0 heterocycles. The van der Waals surface area contributed by atoms with Crippen LogP contribution in [0.5, 0.6) is 0 Å². The highest BCUT2D eigenvalue weighted by Gasteiger charge is 2.30. The molecule has 5 nitrogen and oxygen atoms in total. The van der Waals surface area contributed by atoms with Crippen LogP contribution in [0.4, 0.5) is 18.9 Å². The summed E-state index contributed by atoms with van der Waals surface area (Å²) in [6, 6.07) is 3.70. The van der Waals surface area contributed by atoms with Gasteiger partial charge in [0, 0.05) is 19.8 Å². The number of benzene rings is 1. The van der Waals surface area contributed by atoms with Crippen LogP contribution in [0.15, 0.2) is 24.3 Å². The van der Waals surface area contributed by atoms with Crippen molar-refractivity contribution in [3.05, 3.63) is 29.8 Å². The second kappa shape index (κ2) is 7.45. The molecule has 0 aliphatic heterocycles. The zero-order valence-corrected chi connectivity index (χ0v) is 13.5. The van der Waals surface area contributed by atoms with Crippen molar-refractivity contribution in [1.29, 1.82) is 0 Å². The van der Waals surface area contributed by atoms with Crippen LogP contribution in [0.25, 0.3) is 0 Å². The number of halogens is 3. The van der Waals surface area contributed by atoms with E-state index in [1.807, 2.05) is 0 Å². The van der Waals surface area contributed by atoms with Crippen LogP contribution in [0.1, 0.15) is 12.5 Å². The van der Waals surface area contributed by atoms with Gasteiger partial charge in [0.2, 0.25) is 0 Å². The maximum atomic E-state index is 12.5. The van der Waals surface area contributed by atoms with Gasteiger partial charge in [0.05, 0.1) is 12.6 Å². The average Bonchev–Trinajstić information content (AvgIpc) is 2.45. The van der Waals surface area contributed by atoms with E-state index < -0.39 is 17.8 Å². The first-order chi connectivity index (χ1) is 10.5. The number of rotatable bonds is 5. The van der Waals surface area contributed by atoms with Crippen molar-refractivity contribution in [2.24, 2.45) is 0 Å². The molecule has 0 bridgehead atoms. The first-order valence-corrected chi connectivity index (χ1v) is 7.03. The van der Waals surface area contributed by atoms with Gasteiger partial charge in [0.15, 0.2) is 12.6 Å². The van der Waals surface area contributed by atoms with Crippen LogP contribution in [0.3, 0.4) is 0 Å². The van der Waals surface area contributed by atoms with E-state index >= 15 is 0 Å². The lowest BCUT2D eigenvalue weighted by Crippen LogP contribution is -3.15. The third kappa shape index (κ3) is 5.55. The number of quaternary nitrogens is 1. The highest BCUT2D eigenvalue weighted by Crippen LogP contribution is 2.29. The van der Waals surface area contributed by atoms with E-state index in [1.54, 1.807) is 28.1 Å². The number of carbonyl (C=O) groups is 2. The molecule has 1 unspecified atom stereocenters. The number of likely N-dealkylation sites (N-methyl/N-ethyl adjacent to an activating group) is 2. The van der Waals surface area contributed by atoms with Gasteiger partial charge in [-0.05, 0) is 31.2 Å². The molecule has 0 saturated carbocycles. The summed E-state index contributed by atoms with van der Waals surface area (Å²) >= 11 is 0. The van der Waals surface area contributed by atoms with Crippen molar-refractivity contribution in [3.8, 4) is 0 Å². The fourth-order valence-electron chi connectivity index (χ4n) is 1.77. The SMILES string of the molecule is C[C@@H](C(=O)Nc1ccc(C(F)(F)F)cc1)[NH+](C)CC(=O)N(C)C. The minimum atomic E-state index is -4.41. The largest absolute Gasteiger partial charge is 0.416 e. The molecule has 0 aliphatic carbocycles. The number of carbonyl (C=O) groups excluding carboxylic acids is 2. The Balaban J connectivity index is 2.66. The molecule has 1 aromatic rings. The van der Waals surface area contributed by atoms with Crippen LogP contribution in [0, 0.1) is 0 Å². The first kappa shape index (κ1) is 19.0. The Bertz CT molecular complexity index is 556. The molecule has 0 aromatic heterocycles. The van der Waals surface area contributed by atoms with Gasteiger partial charge in [0.25, 0.3) is 11.8 Å². The quantitative estimate of drug-likeness (QED) is 0.831. The summed E-state index contributed by atoms with van der Waals surface area (Å²) in [7, 11) is 4.96. The van der Waals surface area contributed by atoms with Crippen LogP contribution in [-0.4, -0.2) is 50.4 Å². The molecule has 128 valence electrons. The molecule has 0 spiro atoms. The number of alkyl halides is 3. The van der Waals surface area contributed by atoms with Gasteiger partial charge in [-0.3, -0.25) is 9.59 Å². The molecule has 0 aliphatic rings. The second-order valence-electron chi connectivity index (χ2n) is 5.60. The normalized spacial score (nSPS) is 14.0. The zero-order valence-electron chi connectivity index (χ0n) is 13.5. The lowest BCUT2D eigenvalue weighted by atomic mass is 10.2. The Kier molecular flexibility index (Phi) is 6.14. The van der Waals surface area contributed by atoms with E-state index in [9.17, 15) is 22.8 Å². The monoisotopic (exact) mass is 332 g/mol. The number of hydrogen-bond donors (Lipinski definition) is 2. The predicted molar refractivity (Wildman–Crippen MR) is 80.0 cm³/mol. The minimum Gasteiger partial charge on any atom is -0.344 e. The fraction of sp³-hybridized carbons (Fsp3) is 0.467. The van der Waals surface area contributed by atoms with Crippen molar-refractivity contribution in [2.45, 2.75) is 19.1 Å². The fourth-order valence-corrected chi connectivity index (χ4v) is 1.77. The Hall–Kier alpha value is -2.09. The molecule has 2 amide bonds. The van der Waals surface area contributed by atoms with E-state index in [0.717, 1.165) is 12.1 Å². The number of hydrogen-bond acceptors (Lipinski definition) is 2. The molecule has 2 atom stereocenters. The third-order valence-corrected chi connectivity index (χ3v) is 3.54. The van der Waals surface area contributed by atoms with Crippen molar-refractivity contribution in [1.82, 2.24) is 4.90 Å². The molecular weight excluding hydrogens is 311 g/mol. The molecule has 0 fully saturated rings. The van der Waals surface area contributed by atoms with Gasteiger partial charge in [-0.1, -0.05) is 0 Å². The lowest BCUT2D eigenvalue weighted by Gasteiger charge is -2.22. The van der Waals surface area contributed by atoms with E-state index in [4.69, 9.17) is 0 Å². The molecular formula is C15H21F3N3O2+. The van der Waals surface area contributed by atoms with Crippen LogP contribution in [0.2, 0.25) is 0 Å². The molecule has 0 saturated heterocycles. The molecule has 1 rings (SSSR count). The van der Waals surface area contributed by atoms with E-state index in [-0.39, 0.29) is 24.0 Å². The second-order valence-corrected chi connectivity index (χ2v) is 5.60. The Morgan fingerprint density at radius 3 is 2.17 bits per heavy atom. The molecule has 2 N–H and O–H groups in total. The molecule has 1 aromatic carbocycles. The van der Waals surface area contributed by atoms with Crippen LogP contribution in [-0.2, 0) is 15.8 Å². The van der Waals surface area contributed by atoms with E-state index in [0.29, 0.717) is 4.90 Å². The Morgan fingerprint density at radius 2 is 1.74 bits per heavy atom. The predicted octanol–water partition coefficient (Wildman–Crippen LogP) is 0.635. The minimum absolute atomic E-state index is 0.114. The summed E-state index contributed by atoms with van der Waals surface area (Å²) in [5.41, 5.74) is -0.496. The lowest BCUT2D eigenvalue weighted by molar-refractivity contribution is -0.886. The first-order valence-electron chi connectivity index (χ1n) is 7.03. The average molecular weight is 332 g/mol.